The Morgan fingerprint density at radius 3 is 2.16 bits per heavy atom. The highest BCUT2D eigenvalue weighted by atomic mass is 32.2. The van der Waals surface area contributed by atoms with E-state index in [4.69, 9.17) is 4.42 Å². The Labute approximate surface area is 184 Å². The molecular formula is C24H29N3O3S. The third-order valence-electron chi connectivity index (χ3n) is 5.82. The molecule has 31 heavy (non-hydrogen) atoms. The summed E-state index contributed by atoms with van der Waals surface area (Å²) in [6, 6.07) is 13.7. The minimum absolute atomic E-state index is 0.450. The van der Waals surface area contributed by atoms with Crippen LogP contribution in [0.5, 0.6) is 0 Å². The molecule has 0 N–H and O–H groups in total. The van der Waals surface area contributed by atoms with E-state index in [1.54, 1.807) is 4.31 Å². The van der Waals surface area contributed by atoms with E-state index in [1.165, 1.54) is 0 Å². The lowest BCUT2D eigenvalue weighted by molar-refractivity contribution is 0.179. The van der Waals surface area contributed by atoms with Gasteiger partial charge in [0.15, 0.2) is 0 Å². The van der Waals surface area contributed by atoms with Gasteiger partial charge in [-0.25, -0.2) is 13.4 Å². The molecule has 0 atom stereocenters. The summed E-state index contributed by atoms with van der Waals surface area (Å²) in [4.78, 5) is 7.37. The third kappa shape index (κ3) is 4.44. The van der Waals surface area contributed by atoms with Crippen molar-refractivity contribution in [1.82, 2.24) is 14.2 Å². The first kappa shape index (κ1) is 21.7. The molecule has 0 bridgehead atoms. The Balaban J connectivity index is 1.44. The van der Waals surface area contributed by atoms with Gasteiger partial charge in [-0.15, -0.1) is 0 Å². The molecule has 1 fully saturated rings. The molecule has 7 heteroatoms. The molecule has 1 saturated heterocycles. The second-order valence-electron chi connectivity index (χ2n) is 8.30. The van der Waals surface area contributed by atoms with Crippen molar-refractivity contribution in [2.45, 2.75) is 39.1 Å². The fourth-order valence-electron chi connectivity index (χ4n) is 4.32. The summed E-state index contributed by atoms with van der Waals surface area (Å²) in [6.07, 6.45) is 0. The lowest BCUT2D eigenvalue weighted by atomic mass is 10.1. The van der Waals surface area contributed by atoms with Crippen molar-refractivity contribution in [2.24, 2.45) is 0 Å². The maximum Gasteiger partial charge on any atom is 0.243 e. The van der Waals surface area contributed by atoms with Crippen LogP contribution in [0.25, 0.3) is 11.5 Å². The predicted molar refractivity (Wildman–Crippen MR) is 121 cm³/mol. The van der Waals surface area contributed by atoms with E-state index in [1.807, 2.05) is 70.2 Å². The summed E-state index contributed by atoms with van der Waals surface area (Å²) < 4.78 is 34.1. The molecule has 1 aliphatic rings. The van der Waals surface area contributed by atoms with Gasteiger partial charge >= 0.3 is 0 Å². The van der Waals surface area contributed by atoms with Gasteiger partial charge < -0.3 is 4.42 Å². The molecule has 164 valence electrons. The molecule has 0 unspecified atom stereocenters. The summed E-state index contributed by atoms with van der Waals surface area (Å²) in [5, 5.41) is 0. The van der Waals surface area contributed by atoms with E-state index >= 15 is 0 Å². The predicted octanol–water partition coefficient (Wildman–Crippen LogP) is 4.08. The van der Waals surface area contributed by atoms with Gasteiger partial charge in [-0.1, -0.05) is 35.9 Å². The van der Waals surface area contributed by atoms with Crippen molar-refractivity contribution in [3.8, 4) is 11.5 Å². The summed E-state index contributed by atoms with van der Waals surface area (Å²) in [5.74, 6) is 1.43. The van der Waals surface area contributed by atoms with Gasteiger partial charge in [0, 0.05) is 38.3 Å². The van der Waals surface area contributed by atoms with E-state index in [0.29, 0.717) is 43.5 Å². The van der Waals surface area contributed by atoms with Crippen LogP contribution >= 0.6 is 0 Å². The monoisotopic (exact) mass is 439 g/mol. The van der Waals surface area contributed by atoms with Crippen LogP contribution < -0.4 is 0 Å². The number of nitrogens with zero attached hydrogens (tertiary/aromatic N) is 3. The number of oxazole rings is 1. The standard InChI is InChI=1S/C24H29N3O3S/c1-17-14-18(2)23(19(3)15-17)31(28,29)27-12-10-26(11-13-27)16-22-20(4)30-24(25-22)21-8-6-5-7-9-21/h5-9,14-15H,10-13,16H2,1-4H3. The van der Waals surface area contributed by atoms with Crippen molar-refractivity contribution in [2.75, 3.05) is 26.2 Å². The van der Waals surface area contributed by atoms with Crippen LogP contribution in [0.2, 0.25) is 0 Å². The van der Waals surface area contributed by atoms with Gasteiger partial charge in [0.2, 0.25) is 15.9 Å². The lowest BCUT2D eigenvalue weighted by Gasteiger charge is -2.34. The molecule has 2 aromatic carbocycles. The Morgan fingerprint density at radius 1 is 0.935 bits per heavy atom. The summed E-state index contributed by atoms with van der Waals surface area (Å²) in [6.45, 7) is 10.6. The van der Waals surface area contributed by atoms with Crippen LogP contribution in [0.4, 0.5) is 0 Å². The van der Waals surface area contributed by atoms with Crippen LogP contribution in [0.1, 0.15) is 28.1 Å². The molecule has 1 aromatic heterocycles. The number of hydrogen-bond donors (Lipinski definition) is 0. The zero-order valence-corrected chi connectivity index (χ0v) is 19.4. The SMILES string of the molecule is Cc1cc(C)c(S(=O)(=O)N2CCN(Cc3nc(-c4ccccc4)oc3C)CC2)c(C)c1. The molecule has 0 spiro atoms. The first-order valence-corrected chi connectivity index (χ1v) is 12.0. The fraction of sp³-hybridized carbons (Fsp3) is 0.375. The van der Waals surface area contributed by atoms with Crippen LogP contribution in [-0.2, 0) is 16.6 Å². The van der Waals surface area contributed by atoms with Crippen molar-refractivity contribution >= 4 is 10.0 Å². The topological polar surface area (TPSA) is 66.7 Å². The summed E-state index contributed by atoms with van der Waals surface area (Å²) in [7, 11) is -3.50. The van der Waals surface area contributed by atoms with Gasteiger partial charge in [-0.05, 0) is 51.0 Å². The molecule has 0 amide bonds. The molecule has 2 heterocycles. The van der Waals surface area contributed by atoms with Crippen LogP contribution in [-0.4, -0.2) is 48.8 Å². The Bertz CT molecular complexity index is 1160. The van der Waals surface area contributed by atoms with E-state index in [0.717, 1.165) is 33.7 Å². The maximum atomic E-state index is 13.3. The fourth-order valence-corrected chi connectivity index (χ4v) is 6.16. The van der Waals surface area contributed by atoms with E-state index in [9.17, 15) is 8.42 Å². The molecule has 4 rings (SSSR count). The first-order valence-electron chi connectivity index (χ1n) is 10.6. The minimum atomic E-state index is -3.50. The third-order valence-corrected chi connectivity index (χ3v) is 8.03. The van der Waals surface area contributed by atoms with Gasteiger partial charge in [-0.3, -0.25) is 4.90 Å². The Morgan fingerprint density at radius 2 is 1.55 bits per heavy atom. The number of rotatable bonds is 5. The second kappa shape index (κ2) is 8.57. The normalized spacial score (nSPS) is 16.0. The first-order chi connectivity index (χ1) is 14.8. The van der Waals surface area contributed by atoms with Crippen molar-refractivity contribution in [3.05, 3.63) is 70.6 Å². The quantitative estimate of drug-likeness (QED) is 0.599. The number of sulfonamides is 1. The highest BCUT2D eigenvalue weighted by Crippen LogP contribution is 2.27. The molecule has 0 saturated carbocycles. The van der Waals surface area contributed by atoms with Crippen LogP contribution in [0.3, 0.4) is 0 Å². The zero-order valence-electron chi connectivity index (χ0n) is 18.6. The second-order valence-corrected chi connectivity index (χ2v) is 10.2. The van der Waals surface area contributed by atoms with Gasteiger partial charge in [-0.2, -0.15) is 4.31 Å². The minimum Gasteiger partial charge on any atom is -0.441 e. The largest absolute Gasteiger partial charge is 0.441 e. The van der Waals surface area contributed by atoms with Crippen LogP contribution in [0.15, 0.2) is 51.8 Å². The number of aryl methyl sites for hydroxylation is 4. The molecule has 0 radical (unpaired) electrons. The highest BCUT2D eigenvalue weighted by Gasteiger charge is 2.31. The van der Waals surface area contributed by atoms with E-state index < -0.39 is 10.0 Å². The summed E-state index contributed by atoms with van der Waals surface area (Å²) >= 11 is 0. The van der Waals surface area contributed by atoms with Crippen molar-refractivity contribution in [3.63, 3.8) is 0 Å². The number of piperazine rings is 1. The Hall–Kier alpha value is -2.48. The molecule has 6 nitrogen and oxygen atoms in total. The van der Waals surface area contributed by atoms with E-state index in [-0.39, 0.29) is 0 Å². The van der Waals surface area contributed by atoms with Crippen molar-refractivity contribution in [1.29, 1.82) is 0 Å². The van der Waals surface area contributed by atoms with Gasteiger partial charge in [0.05, 0.1) is 10.6 Å². The Kier molecular flexibility index (Phi) is 6.01. The van der Waals surface area contributed by atoms with Gasteiger partial charge in [0.1, 0.15) is 5.76 Å². The number of benzene rings is 2. The molecule has 3 aromatic rings. The maximum absolute atomic E-state index is 13.3. The average molecular weight is 440 g/mol. The smallest absolute Gasteiger partial charge is 0.243 e. The summed E-state index contributed by atoms with van der Waals surface area (Å²) in [5.41, 5.74) is 4.56. The van der Waals surface area contributed by atoms with Crippen molar-refractivity contribution < 1.29 is 12.8 Å². The van der Waals surface area contributed by atoms with Crippen LogP contribution in [0, 0.1) is 27.7 Å². The number of hydrogen-bond acceptors (Lipinski definition) is 5. The number of aromatic nitrogens is 1. The zero-order chi connectivity index (χ0) is 22.2. The molecule has 0 aliphatic carbocycles. The molecule has 1 aliphatic heterocycles. The van der Waals surface area contributed by atoms with Gasteiger partial charge in [0.25, 0.3) is 0 Å². The molecular weight excluding hydrogens is 410 g/mol. The average Bonchev–Trinajstić information content (AvgIpc) is 3.08. The lowest BCUT2D eigenvalue weighted by Crippen LogP contribution is -2.48. The highest BCUT2D eigenvalue weighted by molar-refractivity contribution is 7.89. The van der Waals surface area contributed by atoms with E-state index in [2.05, 4.69) is 9.88 Å².